The quantitative estimate of drug-likeness (QED) is 0.776. The summed E-state index contributed by atoms with van der Waals surface area (Å²) in [5.74, 6) is 0.0226. The van der Waals surface area contributed by atoms with E-state index in [9.17, 15) is 9.59 Å². The number of carbonyl (C=O) groups is 2. The molecule has 5 N–H and O–H groups in total. The van der Waals surface area contributed by atoms with Crippen molar-refractivity contribution in [2.45, 2.75) is 32.9 Å². The fraction of sp³-hybridized carbons (Fsp3) is 0.500. The number of nitrogens with zero attached hydrogens (tertiary/aromatic N) is 1. The molecular weight excluding hydrogens is 316 g/mol. The molecule has 2 rings (SSSR count). The van der Waals surface area contributed by atoms with Gasteiger partial charge in [-0.25, -0.2) is 4.79 Å². The van der Waals surface area contributed by atoms with E-state index in [1.807, 2.05) is 17.0 Å². The fourth-order valence-corrected chi connectivity index (χ4v) is 2.68. The molecule has 23 heavy (non-hydrogen) atoms. The molecule has 1 heterocycles. The standard InChI is InChI=1S/C16H24N4O2.ClH/c1-16(2)10-20(8-7-13(16)17)14(21)12-5-3-11(4-6-12)9-19-15(18)22;/h3-6,13H,7-10,17H2,1-2H3,(H3,18,19,22);1H. The molecule has 1 aliphatic rings. The zero-order valence-corrected chi connectivity index (χ0v) is 14.4. The van der Waals surface area contributed by atoms with E-state index in [1.54, 1.807) is 12.1 Å². The number of carbonyl (C=O) groups excluding carboxylic acids is 2. The summed E-state index contributed by atoms with van der Waals surface area (Å²) in [7, 11) is 0. The fourth-order valence-electron chi connectivity index (χ4n) is 2.68. The third kappa shape index (κ3) is 4.84. The Bertz CT molecular complexity index is 560. The number of amides is 3. The second-order valence-electron chi connectivity index (χ2n) is 6.53. The third-order valence-corrected chi connectivity index (χ3v) is 4.27. The first-order chi connectivity index (χ1) is 10.3. The molecule has 1 aromatic carbocycles. The Morgan fingerprint density at radius 1 is 1.30 bits per heavy atom. The van der Waals surface area contributed by atoms with Crippen LogP contribution in [-0.4, -0.2) is 36.0 Å². The molecular formula is C16H25ClN4O2. The Morgan fingerprint density at radius 2 is 1.91 bits per heavy atom. The Hall–Kier alpha value is -1.79. The molecule has 3 amide bonds. The van der Waals surface area contributed by atoms with Crippen LogP contribution < -0.4 is 16.8 Å². The highest BCUT2D eigenvalue weighted by Crippen LogP contribution is 2.28. The topological polar surface area (TPSA) is 101 Å². The number of hydrogen-bond donors (Lipinski definition) is 3. The summed E-state index contributed by atoms with van der Waals surface area (Å²) in [5, 5.41) is 2.52. The van der Waals surface area contributed by atoms with Crippen LogP contribution >= 0.6 is 12.4 Å². The van der Waals surface area contributed by atoms with Crippen molar-refractivity contribution in [3.05, 3.63) is 35.4 Å². The van der Waals surface area contributed by atoms with Crippen LogP contribution in [0.1, 0.15) is 36.2 Å². The summed E-state index contributed by atoms with van der Waals surface area (Å²) in [6.07, 6.45) is 0.819. The Labute approximate surface area is 143 Å². The molecule has 6 nitrogen and oxygen atoms in total. The molecule has 1 atom stereocenters. The van der Waals surface area contributed by atoms with Gasteiger partial charge in [-0.1, -0.05) is 26.0 Å². The van der Waals surface area contributed by atoms with Crippen molar-refractivity contribution in [1.82, 2.24) is 10.2 Å². The summed E-state index contributed by atoms with van der Waals surface area (Å²) in [4.78, 5) is 25.1. The highest BCUT2D eigenvalue weighted by molar-refractivity contribution is 5.94. The lowest BCUT2D eigenvalue weighted by molar-refractivity contribution is 0.0533. The predicted octanol–water partition coefficient (Wildman–Crippen LogP) is 1.48. The van der Waals surface area contributed by atoms with Crippen LogP contribution in [0.5, 0.6) is 0 Å². The zero-order valence-electron chi connectivity index (χ0n) is 13.5. The van der Waals surface area contributed by atoms with Crippen LogP contribution in [0, 0.1) is 5.41 Å². The molecule has 128 valence electrons. The highest BCUT2D eigenvalue weighted by Gasteiger charge is 2.35. The molecule has 0 radical (unpaired) electrons. The highest BCUT2D eigenvalue weighted by atomic mass is 35.5. The minimum absolute atomic E-state index is 0. The van der Waals surface area contributed by atoms with Crippen molar-refractivity contribution in [2.75, 3.05) is 13.1 Å². The maximum atomic E-state index is 12.6. The van der Waals surface area contributed by atoms with Gasteiger partial charge in [0.25, 0.3) is 5.91 Å². The van der Waals surface area contributed by atoms with E-state index in [-0.39, 0.29) is 29.8 Å². The van der Waals surface area contributed by atoms with Crippen molar-refractivity contribution in [3.8, 4) is 0 Å². The van der Waals surface area contributed by atoms with Gasteiger partial charge < -0.3 is 21.7 Å². The Balaban J connectivity index is 0.00000264. The summed E-state index contributed by atoms with van der Waals surface area (Å²) >= 11 is 0. The average molecular weight is 341 g/mol. The minimum atomic E-state index is -0.563. The van der Waals surface area contributed by atoms with E-state index in [2.05, 4.69) is 19.2 Å². The summed E-state index contributed by atoms with van der Waals surface area (Å²) < 4.78 is 0. The smallest absolute Gasteiger partial charge is 0.312 e. The van der Waals surface area contributed by atoms with Crippen LogP contribution in [0.15, 0.2) is 24.3 Å². The van der Waals surface area contributed by atoms with Crippen LogP contribution in [0.2, 0.25) is 0 Å². The zero-order chi connectivity index (χ0) is 16.3. The molecule has 0 aromatic heterocycles. The molecule has 1 fully saturated rings. The van der Waals surface area contributed by atoms with Crippen LogP contribution in [0.4, 0.5) is 4.79 Å². The molecule has 0 aliphatic carbocycles. The van der Waals surface area contributed by atoms with Crippen molar-refractivity contribution in [1.29, 1.82) is 0 Å². The van der Waals surface area contributed by atoms with Gasteiger partial charge in [0.1, 0.15) is 0 Å². The number of halogens is 1. The lowest BCUT2D eigenvalue weighted by Gasteiger charge is -2.42. The molecule has 0 saturated carbocycles. The molecule has 0 spiro atoms. The van der Waals surface area contributed by atoms with Gasteiger partial charge in [0.05, 0.1) is 0 Å². The largest absolute Gasteiger partial charge is 0.352 e. The van der Waals surface area contributed by atoms with Gasteiger partial charge in [-0.05, 0) is 29.5 Å². The van der Waals surface area contributed by atoms with E-state index >= 15 is 0 Å². The number of nitrogens with one attached hydrogen (secondary N) is 1. The number of urea groups is 1. The number of likely N-dealkylation sites (tertiary alicyclic amines) is 1. The average Bonchev–Trinajstić information content (AvgIpc) is 2.47. The number of nitrogens with two attached hydrogens (primary N) is 2. The summed E-state index contributed by atoms with van der Waals surface area (Å²) in [6.45, 7) is 5.90. The number of piperidine rings is 1. The van der Waals surface area contributed by atoms with E-state index in [0.717, 1.165) is 12.0 Å². The normalized spacial score (nSPS) is 19.6. The number of rotatable bonds is 3. The Kier molecular flexibility index (Phi) is 6.41. The summed E-state index contributed by atoms with van der Waals surface area (Å²) in [6, 6.07) is 6.77. The summed E-state index contributed by atoms with van der Waals surface area (Å²) in [5.41, 5.74) is 12.6. The first kappa shape index (κ1) is 19.3. The molecule has 0 bridgehead atoms. The van der Waals surface area contributed by atoms with Crippen LogP contribution in [0.25, 0.3) is 0 Å². The van der Waals surface area contributed by atoms with Gasteiger partial charge in [-0.15, -0.1) is 12.4 Å². The van der Waals surface area contributed by atoms with Crippen molar-refractivity contribution >= 4 is 24.3 Å². The second kappa shape index (κ2) is 7.66. The van der Waals surface area contributed by atoms with Gasteiger partial charge in [-0.2, -0.15) is 0 Å². The van der Waals surface area contributed by atoms with Crippen molar-refractivity contribution in [3.63, 3.8) is 0 Å². The van der Waals surface area contributed by atoms with Gasteiger partial charge in [0, 0.05) is 31.2 Å². The molecule has 1 unspecified atom stereocenters. The van der Waals surface area contributed by atoms with Crippen LogP contribution in [-0.2, 0) is 6.54 Å². The predicted molar refractivity (Wildman–Crippen MR) is 92.4 cm³/mol. The lowest BCUT2D eigenvalue weighted by Crippen LogP contribution is -2.53. The first-order valence-corrected chi connectivity index (χ1v) is 7.47. The lowest BCUT2D eigenvalue weighted by atomic mass is 9.79. The van der Waals surface area contributed by atoms with E-state index in [1.165, 1.54) is 0 Å². The maximum absolute atomic E-state index is 12.6. The van der Waals surface area contributed by atoms with E-state index in [4.69, 9.17) is 11.5 Å². The number of primary amides is 1. The number of benzene rings is 1. The molecule has 7 heteroatoms. The van der Waals surface area contributed by atoms with Gasteiger partial charge in [-0.3, -0.25) is 4.79 Å². The monoisotopic (exact) mass is 340 g/mol. The molecule has 1 aromatic rings. The maximum Gasteiger partial charge on any atom is 0.312 e. The first-order valence-electron chi connectivity index (χ1n) is 7.47. The molecule has 1 aliphatic heterocycles. The minimum Gasteiger partial charge on any atom is -0.352 e. The Morgan fingerprint density at radius 3 is 2.43 bits per heavy atom. The van der Waals surface area contributed by atoms with Gasteiger partial charge >= 0.3 is 6.03 Å². The SMILES string of the molecule is CC1(C)CN(C(=O)c2ccc(CNC(N)=O)cc2)CCC1N.Cl. The number of hydrogen-bond acceptors (Lipinski definition) is 3. The van der Waals surface area contributed by atoms with Crippen molar-refractivity contribution < 1.29 is 9.59 Å². The van der Waals surface area contributed by atoms with E-state index < -0.39 is 6.03 Å². The van der Waals surface area contributed by atoms with E-state index in [0.29, 0.717) is 25.2 Å². The van der Waals surface area contributed by atoms with Crippen molar-refractivity contribution in [2.24, 2.45) is 16.9 Å². The van der Waals surface area contributed by atoms with Gasteiger partial charge in [0.2, 0.25) is 0 Å². The van der Waals surface area contributed by atoms with Crippen LogP contribution in [0.3, 0.4) is 0 Å². The van der Waals surface area contributed by atoms with Gasteiger partial charge in [0.15, 0.2) is 0 Å². The second-order valence-corrected chi connectivity index (χ2v) is 6.53. The third-order valence-electron chi connectivity index (χ3n) is 4.27. The molecule has 1 saturated heterocycles.